The third-order valence-corrected chi connectivity index (χ3v) is 3.22. The van der Waals surface area contributed by atoms with E-state index in [0.717, 1.165) is 12.8 Å². The molecule has 2 rings (SSSR count). The van der Waals surface area contributed by atoms with E-state index in [0.29, 0.717) is 23.5 Å². The van der Waals surface area contributed by atoms with Crippen molar-refractivity contribution in [3.8, 4) is 5.75 Å². The maximum absolute atomic E-state index is 11.0. The van der Waals surface area contributed by atoms with E-state index in [9.17, 15) is 4.79 Å². The lowest BCUT2D eigenvalue weighted by Gasteiger charge is -2.10. The summed E-state index contributed by atoms with van der Waals surface area (Å²) >= 11 is 0. The molecule has 0 bridgehead atoms. The van der Waals surface area contributed by atoms with Crippen molar-refractivity contribution in [2.75, 3.05) is 6.61 Å². The Balaban J connectivity index is 1.88. The molecule has 3 nitrogen and oxygen atoms in total. The summed E-state index contributed by atoms with van der Waals surface area (Å²) in [5.74, 6) is -0.268. The molecule has 0 aliphatic carbocycles. The number of ether oxygens (including phenoxy) is 1. The Kier molecular flexibility index (Phi) is 4.77. The minimum absolute atomic E-state index is 0.297. The highest BCUT2D eigenvalue weighted by atomic mass is 16.5. The Labute approximate surface area is 118 Å². The number of aryl methyl sites for hydroxylation is 1. The molecule has 0 amide bonds. The van der Waals surface area contributed by atoms with Gasteiger partial charge in [-0.3, -0.25) is 0 Å². The second kappa shape index (κ2) is 6.75. The first-order chi connectivity index (χ1) is 9.68. The van der Waals surface area contributed by atoms with Crippen molar-refractivity contribution in [3.63, 3.8) is 0 Å². The number of aromatic carboxylic acids is 1. The van der Waals surface area contributed by atoms with E-state index in [1.54, 1.807) is 19.1 Å². The Morgan fingerprint density at radius 1 is 1.10 bits per heavy atom. The van der Waals surface area contributed by atoms with Gasteiger partial charge in [0.25, 0.3) is 0 Å². The second-order valence-electron chi connectivity index (χ2n) is 4.67. The lowest BCUT2D eigenvalue weighted by Crippen LogP contribution is -2.04. The maximum Gasteiger partial charge on any atom is 0.336 e. The van der Waals surface area contributed by atoms with Crippen LogP contribution in [-0.4, -0.2) is 17.7 Å². The molecule has 0 saturated carbocycles. The van der Waals surface area contributed by atoms with E-state index in [-0.39, 0.29) is 0 Å². The molecule has 0 saturated heterocycles. The summed E-state index contributed by atoms with van der Waals surface area (Å²) < 4.78 is 5.69. The van der Waals surface area contributed by atoms with Crippen molar-refractivity contribution in [1.29, 1.82) is 0 Å². The SMILES string of the molecule is Cc1c(OCCCc2ccccc2)cccc1C(=O)O. The van der Waals surface area contributed by atoms with Gasteiger partial charge in [-0.15, -0.1) is 0 Å². The Morgan fingerprint density at radius 3 is 2.55 bits per heavy atom. The maximum atomic E-state index is 11.0. The smallest absolute Gasteiger partial charge is 0.336 e. The Morgan fingerprint density at radius 2 is 1.85 bits per heavy atom. The van der Waals surface area contributed by atoms with Crippen LogP contribution in [0.1, 0.15) is 27.9 Å². The molecular weight excluding hydrogens is 252 g/mol. The van der Waals surface area contributed by atoms with Gasteiger partial charge in [-0.1, -0.05) is 36.4 Å². The molecule has 2 aromatic rings. The van der Waals surface area contributed by atoms with Gasteiger partial charge in [-0.05, 0) is 37.5 Å². The topological polar surface area (TPSA) is 46.5 Å². The van der Waals surface area contributed by atoms with Crippen LogP contribution in [0.25, 0.3) is 0 Å². The quantitative estimate of drug-likeness (QED) is 0.814. The van der Waals surface area contributed by atoms with Crippen LogP contribution >= 0.6 is 0 Å². The zero-order valence-electron chi connectivity index (χ0n) is 11.5. The summed E-state index contributed by atoms with van der Waals surface area (Å²) in [6.45, 7) is 2.36. The molecule has 1 N–H and O–H groups in total. The molecule has 0 aliphatic heterocycles. The lowest BCUT2D eigenvalue weighted by atomic mass is 10.1. The number of carboxylic acids is 1. The van der Waals surface area contributed by atoms with Crippen molar-refractivity contribution in [1.82, 2.24) is 0 Å². The van der Waals surface area contributed by atoms with Crippen molar-refractivity contribution < 1.29 is 14.6 Å². The number of hydrogen-bond donors (Lipinski definition) is 1. The van der Waals surface area contributed by atoms with Gasteiger partial charge in [0.05, 0.1) is 12.2 Å². The molecule has 104 valence electrons. The molecule has 0 atom stereocenters. The van der Waals surface area contributed by atoms with Crippen LogP contribution in [0.4, 0.5) is 0 Å². The first kappa shape index (κ1) is 14.1. The van der Waals surface area contributed by atoms with Crippen molar-refractivity contribution in [2.45, 2.75) is 19.8 Å². The molecule has 0 heterocycles. The van der Waals surface area contributed by atoms with Crippen molar-refractivity contribution in [2.24, 2.45) is 0 Å². The summed E-state index contributed by atoms with van der Waals surface area (Å²) in [5, 5.41) is 9.05. The van der Waals surface area contributed by atoms with Gasteiger partial charge in [0.2, 0.25) is 0 Å². The van der Waals surface area contributed by atoms with Gasteiger partial charge in [-0.25, -0.2) is 4.79 Å². The minimum Gasteiger partial charge on any atom is -0.493 e. The lowest BCUT2D eigenvalue weighted by molar-refractivity contribution is 0.0695. The molecule has 0 radical (unpaired) electrons. The van der Waals surface area contributed by atoms with E-state index in [1.165, 1.54) is 5.56 Å². The molecular formula is C17H18O3. The summed E-state index contributed by atoms with van der Waals surface area (Å²) in [6, 6.07) is 15.3. The predicted octanol–water partition coefficient (Wildman–Crippen LogP) is 3.70. The van der Waals surface area contributed by atoms with Gasteiger partial charge in [0.15, 0.2) is 0 Å². The predicted molar refractivity (Wildman–Crippen MR) is 78.4 cm³/mol. The molecule has 3 heteroatoms. The fraction of sp³-hybridized carbons (Fsp3) is 0.235. The van der Waals surface area contributed by atoms with Crippen molar-refractivity contribution in [3.05, 3.63) is 65.2 Å². The zero-order valence-corrected chi connectivity index (χ0v) is 11.5. The summed E-state index contributed by atoms with van der Waals surface area (Å²) in [7, 11) is 0. The number of benzene rings is 2. The third-order valence-electron chi connectivity index (χ3n) is 3.22. The Hall–Kier alpha value is -2.29. The molecule has 20 heavy (non-hydrogen) atoms. The average Bonchev–Trinajstić information content (AvgIpc) is 2.46. The Bertz CT molecular complexity index is 576. The van der Waals surface area contributed by atoms with Gasteiger partial charge in [0.1, 0.15) is 5.75 Å². The zero-order chi connectivity index (χ0) is 14.4. The largest absolute Gasteiger partial charge is 0.493 e. The van der Waals surface area contributed by atoms with Gasteiger partial charge in [0, 0.05) is 5.56 Å². The molecule has 0 aliphatic rings. The van der Waals surface area contributed by atoms with E-state index < -0.39 is 5.97 Å². The summed E-state index contributed by atoms with van der Waals surface area (Å²) in [6.07, 6.45) is 1.86. The highest BCUT2D eigenvalue weighted by Crippen LogP contribution is 2.21. The number of carbonyl (C=O) groups is 1. The second-order valence-corrected chi connectivity index (χ2v) is 4.67. The molecule has 2 aromatic carbocycles. The van der Waals surface area contributed by atoms with E-state index in [2.05, 4.69) is 12.1 Å². The highest BCUT2D eigenvalue weighted by Gasteiger charge is 2.10. The average molecular weight is 270 g/mol. The van der Waals surface area contributed by atoms with Gasteiger partial charge >= 0.3 is 5.97 Å². The molecule has 0 unspecified atom stereocenters. The third kappa shape index (κ3) is 3.60. The molecule has 0 aromatic heterocycles. The van der Waals surface area contributed by atoms with Crippen LogP contribution in [0.5, 0.6) is 5.75 Å². The number of rotatable bonds is 6. The fourth-order valence-electron chi connectivity index (χ4n) is 2.11. The first-order valence-corrected chi connectivity index (χ1v) is 6.68. The van der Waals surface area contributed by atoms with Crippen LogP contribution in [0.2, 0.25) is 0 Å². The summed E-state index contributed by atoms with van der Waals surface area (Å²) in [4.78, 5) is 11.0. The monoisotopic (exact) mass is 270 g/mol. The number of carboxylic acid groups (broad SMARTS) is 1. The molecule has 0 fully saturated rings. The highest BCUT2D eigenvalue weighted by molar-refractivity contribution is 5.90. The summed E-state index contributed by atoms with van der Waals surface area (Å²) in [5.41, 5.74) is 2.26. The molecule has 0 spiro atoms. The van der Waals surface area contributed by atoms with Crippen LogP contribution in [0.3, 0.4) is 0 Å². The fourth-order valence-corrected chi connectivity index (χ4v) is 2.11. The van der Waals surface area contributed by atoms with Gasteiger partial charge < -0.3 is 9.84 Å². The van der Waals surface area contributed by atoms with Crippen LogP contribution in [0.15, 0.2) is 48.5 Å². The van der Waals surface area contributed by atoms with Crippen LogP contribution < -0.4 is 4.74 Å². The first-order valence-electron chi connectivity index (χ1n) is 6.68. The number of hydrogen-bond acceptors (Lipinski definition) is 2. The van der Waals surface area contributed by atoms with E-state index in [4.69, 9.17) is 9.84 Å². The van der Waals surface area contributed by atoms with Crippen LogP contribution in [-0.2, 0) is 6.42 Å². The minimum atomic E-state index is -0.919. The standard InChI is InChI=1S/C17H18O3/c1-13-15(17(18)19)10-5-11-16(13)20-12-6-9-14-7-3-2-4-8-14/h2-5,7-8,10-11H,6,9,12H2,1H3,(H,18,19). The van der Waals surface area contributed by atoms with E-state index >= 15 is 0 Å². The van der Waals surface area contributed by atoms with Gasteiger partial charge in [-0.2, -0.15) is 0 Å². The normalized spacial score (nSPS) is 10.2. The van der Waals surface area contributed by atoms with Crippen LogP contribution in [0, 0.1) is 6.92 Å². The van der Waals surface area contributed by atoms with Crippen molar-refractivity contribution >= 4 is 5.97 Å². The van der Waals surface area contributed by atoms with E-state index in [1.807, 2.05) is 24.3 Å².